The summed E-state index contributed by atoms with van der Waals surface area (Å²) in [4.78, 5) is 2.70. The molecule has 0 aromatic carbocycles. The Morgan fingerprint density at radius 1 is 1.25 bits per heavy atom. The Morgan fingerprint density at radius 2 is 1.94 bits per heavy atom. The minimum Gasteiger partial charge on any atom is -0.302 e. The van der Waals surface area contributed by atoms with Crippen molar-refractivity contribution in [1.29, 1.82) is 0 Å². The highest BCUT2D eigenvalue weighted by molar-refractivity contribution is 9.09. The summed E-state index contributed by atoms with van der Waals surface area (Å²) in [7, 11) is 0. The Bertz CT molecular complexity index is 181. The predicted molar refractivity (Wildman–Crippen MR) is 76.3 cm³/mol. The number of rotatable bonds is 7. The van der Waals surface area contributed by atoms with Crippen LogP contribution < -0.4 is 0 Å². The molecule has 0 bridgehead atoms. The van der Waals surface area contributed by atoms with E-state index in [0.29, 0.717) is 5.41 Å². The van der Waals surface area contributed by atoms with Crippen LogP contribution in [0.15, 0.2) is 0 Å². The van der Waals surface area contributed by atoms with Gasteiger partial charge in [0.1, 0.15) is 0 Å². The molecule has 1 rings (SSSR count). The average Bonchev–Trinajstić information content (AvgIpc) is 2.74. The lowest BCUT2D eigenvalue weighted by Gasteiger charge is -2.34. The second kappa shape index (κ2) is 7.00. The summed E-state index contributed by atoms with van der Waals surface area (Å²) in [5, 5.41) is 1.15. The molecule has 0 aliphatic carbocycles. The molecule has 0 amide bonds. The van der Waals surface area contributed by atoms with Crippen LogP contribution in [0.3, 0.4) is 0 Å². The quantitative estimate of drug-likeness (QED) is 0.632. The van der Waals surface area contributed by atoms with Crippen LogP contribution in [0.25, 0.3) is 0 Å². The van der Waals surface area contributed by atoms with Crippen molar-refractivity contribution in [2.24, 2.45) is 11.3 Å². The molecule has 0 spiro atoms. The summed E-state index contributed by atoms with van der Waals surface area (Å²) >= 11 is 3.72. The Hall–Kier alpha value is 0.440. The summed E-state index contributed by atoms with van der Waals surface area (Å²) in [5.74, 6) is 0.978. The van der Waals surface area contributed by atoms with Crippen molar-refractivity contribution in [3.05, 3.63) is 0 Å². The standard InChI is InChI=1S/C14H28BrN/c1-4-7-13-8-9-16(10-13)12-14(5-2,6-3)11-15/h13H,4-12H2,1-3H3. The van der Waals surface area contributed by atoms with Crippen LogP contribution >= 0.6 is 15.9 Å². The lowest BCUT2D eigenvalue weighted by molar-refractivity contribution is 0.180. The maximum absolute atomic E-state index is 3.72. The summed E-state index contributed by atoms with van der Waals surface area (Å²) < 4.78 is 0. The monoisotopic (exact) mass is 289 g/mol. The molecule has 16 heavy (non-hydrogen) atoms. The molecule has 1 aliphatic rings. The number of hydrogen-bond donors (Lipinski definition) is 0. The van der Waals surface area contributed by atoms with Gasteiger partial charge >= 0.3 is 0 Å². The van der Waals surface area contributed by atoms with E-state index in [-0.39, 0.29) is 0 Å². The van der Waals surface area contributed by atoms with Gasteiger partial charge in [0.05, 0.1) is 0 Å². The van der Waals surface area contributed by atoms with Gasteiger partial charge in [-0.2, -0.15) is 0 Å². The van der Waals surface area contributed by atoms with Crippen molar-refractivity contribution < 1.29 is 0 Å². The fourth-order valence-corrected chi connectivity index (χ4v) is 3.85. The van der Waals surface area contributed by atoms with Crippen LogP contribution in [0.1, 0.15) is 52.9 Å². The van der Waals surface area contributed by atoms with Crippen molar-refractivity contribution in [3.8, 4) is 0 Å². The fourth-order valence-electron chi connectivity index (χ4n) is 2.88. The number of likely N-dealkylation sites (tertiary alicyclic amines) is 1. The molecule has 1 fully saturated rings. The second-order valence-corrected chi connectivity index (χ2v) is 6.08. The zero-order valence-electron chi connectivity index (χ0n) is 11.3. The van der Waals surface area contributed by atoms with E-state index >= 15 is 0 Å². The van der Waals surface area contributed by atoms with Crippen molar-refractivity contribution in [1.82, 2.24) is 4.90 Å². The van der Waals surface area contributed by atoms with Gasteiger partial charge in [0, 0.05) is 18.4 Å². The molecule has 0 radical (unpaired) electrons. The fraction of sp³-hybridized carbons (Fsp3) is 1.00. The minimum absolute atomic E-state index is 0.515. The van der Waals surface area contributed by atoms with Gasteiger partial charge in [0.2, 0.25) is 0 Å². The molecule has 1 unspecified atom stereocenters. The smallest absolute Gasteiger partial charge is 0.01000 e. The van der Waals surface area contributed by atoms with Crippen LogP contribution in [0.2, 0.25) is 0 Å². The first-order valence-electron chi connectivity index (χ1n) is 6.98. The second-order valence-electron chi connectivity index (χ2n) is 5.52. The van der Waals surface area contributed by atoms with Crippen molar-refractivity contribution in [2.75, 3.05) is 25.0 Å². The van der Waals surface area contributed by atoms with E-state index in [1.54, 1.807) is 0 Å². The summed E-state index contributed by atoms with van der Waals surface area (Å²) in [6.45, 7) is 11.0. The predicted octanol–water partition coefficient (Wildman–Crippen LogP) is 4.31. The average molecular weight is 290 g/mol. The highest BCUT2D eigenvalue weighted by atomic mass is 79.9. The van der Waals surface area contributed by atoms with Gasteiger partial charge in [-0.15, -0.1) is 0 Å². The Labute approximate surface area is 110 Å². The summed E-state index contributed by atoms with van der Waals surface area (Å²) in [5.41, 5.74) is 0.515. The van der Waals surface area contributed by atoms with E-state index in [1.165, 1.54) is 51.7 Å². The normalized spacial score (nSPS) is 22.9. The van der Waals surface area contributed by atoms with Crippen molar-refractivity contribution in [2.45, 2.75) is 52.9 Å². The van der Waals surface area contributed by atoms with E-state index in [9.17, 15) is 0 Å². The molecule has 1 atom stereocenters. The summed E-state index contributed by atoms with van der Waals surface area (Å²) in [6.07, 6.45) is 6.80. The zero-order chi connectivity index (χ0) is 12.0. The first-order valence-corrected chi connectivity index (χ1v) is 8.10. The molecule has 0 N–H and O–H groups in total. The van der Waals surface area contributed by atoms with Gasteiger partial charge in [0.25, 0.3) is 0 Å². The molecule has 1 saturated heterocycles. The first-order chi connectivity index (χ1) is 7.69. The number of nitrogens with zero attached hydrogens (tertiary/aromatic N) is 1. The topological polar surface area (TPSA) is 3.24 Å². The van der Waals surface area contributed by atoms with Gasteiger partial charge in [-0.1, -0.05) is 43.1 Å². The molecule has 0 aromatic rings. The molecule has 1 aliphatic heterocycles. The van der Waals surface area contributed by atoms with E-state index in [0.717, 1.165) is 11.2 Å². The van der Waals surface area contributed by atoms with Crippen LogP contribution in [0, 0.1) is 11.3 Å². The minimum atomic E-state index is 0.515. The third-order valence-corrected chi connectivity index (χ3v) is 5.60. The van der Waals surface area contributed by atoms with Gasteiger partial charge in [-0.3, -0.25) is 0 Å². The highest BCUT2D eigenvalue weighted by Gasteiger charge is 2.31. The molecular weight excluding hydrogens is 262 g/mol. The van der Waals surface area contributed by atoms with Gasteiger partial charge in [-0.05, 0) is 43.6 Å². The van der Waals surface area contributed by atoms with Gasteiger partial charge in [-0.25, -0.2) is 0 Å². The van der Waals surface area contributed by atoms with Gasteiger partial charge < -0.3 is 4.90 Å². The molecule has 0 aromatic heterocycles. The lowest BCUT2D eigenvalue weighted by Crippen LogP contribution is -2.37. The first kappa shape index (κ1) is 14.5. The van der Waals surface area contributed by atoms with Crippen LogP contribution in [0.4, 0.5) is 0 Å². The Morgan fingerprint density at radius 3 is 2.44 bits per heavy atom. The van der Waals surface area contributed by atoms with Crippen molar-refractivity contribution in [3.63, 3.8) is 0 Å². The molecule has 96 valence electrons. The molecule has 1 nitrogen and oxygen atoms in total. The van der Waals surface area contributed by atoms with E-state index < -0.39 is 0 Å². The third kappa shape index (κ3) is 3.73. The molecule has 2 heteroatoms. The number of halogens is 1. The van der Waals surface area contributed by atoms with E-state index in [1.807, 2.05) is 0 Å². The SMILES string of the molecule is CCCC1CCN(CC(CC)(CC)CBr)C1. The number of alkyl halides is 1. The zero-order valence-corrected chi connectivity index (χ0v) is 12.9. The lowest BCUT2D eigenvalue weighted by atomic mass is 9.84. The van der Waals surface area contributed by atoms with Crippen LogP contribution in [-0.2, 0) is 0 Å². The largest absolute Gasteiger partial charge is 0.302 e. The number of hydrogen-bond acceptors (Lipinski definition) is 1. The van der Waals surface area contributed by atoms with E-state index in [4.69, 9.17) is 0 Å². The maximum atomic E-state index is 3.72. The molecule has 0 saturated carbocycles. The van der Waals surface area contributed by atoms with E-state index in [2.05, 4.69) is 41.6 Å². The highest BCUT2D eigenvalue weighted by Crippen LogP contribution is 2.32. The molecular formula is C14H28BrN. The van der Waals surface area contributed by atoms with Crippen molar-refractivity contribution >= 4 is 15.9 Å². The van der Waals surface area contributed by atoms with Crippen LogP contribution in [0.5, 0.6) is 0 Å². The Balaban J connectivity index is 2.42. The summed E-state index contributed by atoms with van der Waals surface area (Å²) in [6, 6.07) is 0. The van der Waals surface area contributed by atoms with Crippen LogP contribution in [-0.4, -0.2) is 29.9 Å². The third-order valence-electron chi connectivity index (χ3n) is 4.41. The molecule has 1 heterocycles. The van der Waals surface area contributed by atoms with Gasteiger partial charge in [0.15, 0.2) is 0 Å². The maximum Gasteiger partial charge on any atom is 0.01000 e. The Kier molecular flexibility index (Phi) is 6.35.